The van der Waals surface area contributed by atoms with Crippen molar-refractivity contribution < 1.29 is 8.91 Å². The Kier molecular flexibility index (Phi) is 3.37. The molecular formula is C12H14FN3O. The molecule has 4 nitrogen and oxygen atoms in total. The molecule has 1 aromatic carbocycles. The number of hydrogen-bond acceptors (Lipinski definition) is 4. The first-order valence-electron chi connectivity index (χ1n) is 5.55. The maximum absolute atomic E-state index is 13.1. The summed E-state index contributed by atoms with van der Waals surface area (Å²) in [6, 6.07) is 5.13. The maximum atomic E-state index is 13.1. The van der Waals surface area contributed by atoms with Gasteiger partial charge >= 0.3 is 6.01 Å². The Morgan fingerprint density at radius 2 is 2.24 bits per heavy atom. The average molecular weight is 235 g/mol. The Labute approximate surface area is 98.8 Å². The number of benzene rings is 1. The number of rotatable bonds is 4. The second-order valence-electron chi connectivity index (χ2n) is 3.81. The standard InChI is InChI=1S/C12H14FN3O/c1-3-6-14-12-15-11(16-17-12)9-4-5-10(13)8(2)7-9/h4-5,7H,3,6H2,1-2H3,(H,14,15,16). The first-order valence-corrected chi connectivity index (χ1v) is 5.55. The topological polar surface area (TPSA) is 51.0 Å². The predicted octanol–water partition coefficient (Wildman–Crippen LogP) is 3.01. The van der Waals surface area contributed by atoms with Gasteiger partial charge in [-0.2, -0.15) is 4.98 Å². The molecule has 2 rings (SSSR count). The van der Waals surface area contributed by atoms with Gasteiger partial charge in [0.15, 0.2) is 0 Å². The van der Waals surface area contributed by atoms with E-state index in [4.69, 9.17) is 4.52 Å². The third kappa shape index (κ3) is 2.61. The Hall–Kier alpha value is -1.91. The lowest BCUT2D eigenvalue weighted by Gasteiger charge is -1.98. The van der Waals surface area contributed by atoms with Crippen molar-refractivity contribution in [3.05, 3.63) is 29.6 Å². The van der Waals surface area contributed by atoms with E-state index in [1.807, 2.05) is 6.92 Å². The molecule has 0 fully saturated rings. The van der Waals surface area contributed by atoms with E-state index in [0.29, 0.717) is 17.4 Å². The lowest BCUT2D eigenvalue weighted by atomic mass is 10.1. The van der Waals surface area contributed by atoms with Crippen molar-refractivity contribution in [3.8, 4) is 11.4 Å². The minimum absolute atomic E-state index is 0.235. The zero-order valence-electron chi connectivity index (χ0n) is 9.83. The molecule has 17 heavy (non-hydrogen) atoms. The molecule has 0 aliphatic carbocycles. The van der Waals surface area contributed by atoms with E-state index < -0.39 is 0 Å². The maximum Gasteiger partial charge on any atom is 0.321 e. The van der Waals surface area contributed by atoms with Gasteiger partial charge in [0.1, 0.15) is 5.82 Å². The highest BCUT2D eigenvalue weighted by molar-refractivity contribution is 5.56. The number of anilines is 1. The highest BCUT2D eigenvalue weighted by Crippen LogP contribution is 2.20. The molecule has 0 saturated carbocycles. The van der Waals surface area contributed by atoms with Crippen molar-refractivity contribution in [2.75, 3.05) is 11.9 Å². The van der Waals surface area contributed by atoms with Crippen molar-refractivity contribution in [1.29, 1.82) is 0 Å². The van der Waals surface area contributed by atoms with Gasteiger partial charge in [0.05, 0.1) is 0 Å². The molecule has 1 N–H and O–H groups in total. The van der Waals surface area contributed by atoms with Crippen molar-refractivity contribution in [3.63, 3.8) is 0 Å². The van der Waals surface area contributed by atoms with E-state index in [1.54, 1.807) is 19.1 Å². The normalized spacial score (nSPS) is 10.5. The van der Waals surface area contributed by atoms with Gasteiger partial charge in [-0.25, -0.2) is 4.39 Å². The molecule has 0 atom stereocenters. The van der Waals surface area contributed by atoms with Gasteiger partial charge in [0.2, 0.25) is 5.82 Å². The molecule has 0 bridgehead atoms. The van der Waals surface area contributed by atoms with E-state index in [0.717, 1.165) is 18.5 Å². The summed E-state index contributed by atoms with van der Waals surface area (Å²) in [5.74, 6) is 0.230. The van der Waals surface area contributed by atoms with Crippen LogP contribution in [-0.2, 0) is 0 Å². The number of aromatic nitrogens is 2. The van der Waals surface area contributed by atoms with Crippen LogP contribution in [0.5, 0.6) is 0 Å². The molecule has 0 aliphatic heterocycles. The molecule has 0 unspecified atom stereocenters. The van der Waals surface area contributed by atoms with Crippen LogP contribution in [0.15, 0.2) is 22.7 Å². The van der Waals surface area contributed by atoms with E-state index in [1.165, 1.54) is 6.07 Å². The molecule has 1 aromatic heterocycles. The molecule has 0 aliphatic rings. The summed E-state index contributed by atoms with van der Waals surface area (Å²) in [6.07, 6.45) is 0.980. The number of hydrogen-bond donors (Lipinski definition) is 1. The number of nitrogens with one attached hydrogen (secondary N) is 1. The van der Waals surface area contributed by atoms with Crippen LogP contribution in [0.3, 0.4) is 0 Å². The minimum atomic E-state index is -0.235. The molecule has 0 radical (unpaired) electrons. The van der Waals surface area contributed by atoms with Crippen LogP contribution in [0.25, 0.3) is 11.4 Å². The summed E-state index contributed by atoms with van der Waals surface area (Å²) in [6.45, 7) is 4.53. The van der Waals surface area contributed by atoms with Crippen LogP contribution >= 0.6 is 0 Å². The summed E-state index contributed by atoms with van der Waals surface area (Å²) in [5.41, 5.74) is 1.31. The van der Waals surface area contributed by atoms with Crippen LogP contribution < -0.4 is 5.32 Å². The monoisotopic (exact) mass is 235 g/mol. The van der Waals surface area contributed by atoms with Crippen molar-refractivity contribution in [2.24, 2.45) is 0 Å². The zero-order chi connectivity index (χ0) is 12.3. The Balaban J connectivity index is 2.21. The summed E-state index contributed by atoms with van der Waals surface area (Å²) in [4.78, 5) is 4.18. The molecule has 5 heteroatoms. The van der Waals surface area contributed by atoms with E-state index >= 15 is 0 Å². The highest BCUT2D eigenvalue weighted by atomic mass is 19.1. The Morgan fingerprint density at radius 1 is 1.41 bits per heavy atom. The lowest BCUT2D eigenvalue weighted by Crippen LogP contribution is -1.99. The molecule has 0 spiro atoms. The third-order valence-corrected chi connectivity index (χ3v) is 2.37. The van der Waals surface area contributed by atoms with Gasteiger partial charge < -0.3 is 9.84 Å². The van der Waals surface area contributed by atoms with E-state index in [2.05, 4.69) is 15.5 Å². The first-order chi connectivity index (χ1) is 8.20. The summed E-state index contributed by atoms with van der Waals surface area (Å²) in [5, 5.41) is 6.84. The fraction of sp³-hybridized carbons (Fsp3) is 0.333. The SMILES string of the molecule is CCCNc1nc(-c2ccc(F)c(C)c2)no1. The molecule has 0 saturated heterocycles. The largest absolute Gasteiger partial charge is 0.338 e. The zero-order valence-corrected chi connectivity index (χ0v) is 9.83. The van der Waals surface area contributed by atoms with Gasteiger partial charge in [0.25, 0.3) is 0 Å². The van der Waals surface area contributed by atoms with Crippen LogP contribution in [0.2, 0.25) is 0 Å². The van der Waals surface area contributed by atoms with E-state index in [9.17, 15) is 4.39 Å². The van der Waals surface area contributed by atoms with Gasteiger partial charge in [-0.3, -0.25) is 0 Å². The van der Waals surface area contributed by atoms with Gasteiger partial charge in [0, 0.05) is 12.1 Å². The molecule has 90 valence electrons. The molecule has 2 aromatic rings. The summed E-state index contributed by atoms with van der Waals surface area (Å²) in [7, 11) is 0. The fourth-order valence-electron chi connectivity index (χ4n) is 1.43. The average Bonchev–Trinajstić information content (AvgIpc) is 2.79. The smallest absolute Gasteiger partial charge is 0.321 e. The lowest BCUT2D eigenvalue weighted by molar-refractivity contribution is 0.432. The van der Waals surface area contributed by atoms with Crippen LogP contribution in [0.4, 0.5) is 10.4 Å². The Morgan fingerprint density at radius 3 is 2.94 bits per heavy atom. The van der Waals surface area contributed by atoms with E-state index in [-0.39, 0.29) is 5.82 Å². The van der Waals surface area contributed by atoms with Crippen LogP contribution in [0, 0.1) is 12.7 Å². The predicted molar refractivity (Wildman–Crippen MR) is 63.2 cm³/mol. The quantitative estimate of drug-likeness (QED) is 0.885. The van der Waals surface area contributed by atoms with Gasteiger partial charge in [-0.1, -0.05) is 12.1 Å². The van der Waals surface area contributed by atoms with Crippen molar-refractivity contribution >= 4 is 6.01 Å². The van der Waals surface area contributed by atoms with Crippen LogP contribution in [-0.4, -0.2) is 16.7 Å². The van der Waals surface area contributed by atoms with Gasteiger partial charge in [-0.05, 0) is 37.1 Å². The highest BCUT2D eigenvalue weighted by Gasteiger charge is 2.09. The Bertz CT molecular complexity index is 510. The minimum Gasteiger partial charge on any atom is -0.338 e. The molecule has 1 heterocycles. The molecular weight excluding hydrogens is 221 g/mol. The number of halogens is 1. The first kappa shape index (κ1) is 11.6. The summed E-state index contributed by atoms with van der Waals surface area (Å²) < 4.78 is 18.1. The van der Waals surface area contributed by atoms with Gasteiger partial charge in [-0.15, -0.1) is 0 Å². The van der Waals surface area contributed by atoms with Crippen molar-refractivity contribution in [1.82, 2.24) is 10.1 Å². The van der Waals surface area contributed by atoms with Crippen molar-refractivity contribution in [2.45, 2.75) is 20.3 Å². The third-order valence-electron chi connectivity index (χ3n) is 2.37. The second kappa shape index (κ2) is 4.95. The fourth-order valence-corrected chi connectivity index (χ4v) is 1.43. The summed E-state index contributed by atoms with van der Waals surface area (Å²) >= 11 is 0. The number of aryl methyl sites for hydroxylation is 1. The molecule has 0 amide bonds. The van der Waals surface area contributed by atoms with Crippen LogP contribution in [0.1, 0.15) is 18.9 Å². The number of nitrogens with zero attached hydrogens (tertiary/aromatic N) is 2. The second-order valence-corrected chi connectivity index (χ2v) is 3.81.